The first-order chi connectivity index (χ1) is 16.1. The van der Waals surface area contributed by atoms with Crippen LogP contribution in [-0.2, 0) is 5.60 Å². The number of benzene rings is 3. The van der Waals surface area contributed by atoms with Gasteiger partial charge in [0.2, 0.25) is 0 Å². The van der Waals surface area contributed by atoms with Gasteiger partial charge in [0.05, 0.1) is 26.2 Å². The van der Waals surface area contributed by atoms with Crippen LogP contribution in [0.25, 0.3) is 0 Å². The predicted octanol–water partition coefficient (Wildman–Crippen LogP) is 6.15. The summed E-state index contributed by atoms with van der Waals surface area (Å²) in [6.45, 7) is 4.16. The van der Waals surface area contributed by atoms with E-state index in [9.17, 15) is 5.11 Å². The van der Waals surface area contributed by atoms with Gasteiger partial charge in [-0.3, -0.25) is 0 Å². The highest BCUT2D eigenvalue weighted by molar-refractivity contribution is 14.1. The molecule has 3 aliphatic rings. The molecule has 1 atom stereocenters. The van der Waals surface area contributed by atoms with Crippen LogP contribution >= 0.6 is 22.6 Å². The minimum atomic E-state index is -0.966. The number of alkyl halides is 1. The molecule has 3 heterocycles. The molecule has 3 aromatic carbocycles. The third kappa shape index (κ3) is 4.11. The molecular weight excluding hydrogens is 521 g/mol. The van der Waals surface area contributed by atoms with Crippen molar-refractivity contribution in [2.75, 3.05) is 26.2 Å². The zero-order chi connectivity index (χ0) is 22.8. The molecule has 4 heteroatoms. The number of quaternary nitrogens is 1. The van der Waals surface area contributed by atoms with E-state index in [1.807, 2.05) is 42.5 Å². The molecule has 33 heavy (non-hydrogen) atoms. The maximum Gasteiger partial charge on any atom is 0.140 e. The quantitative estimate of drug-likeness (QED) is 0.119. The number of aliphatic hydroxyl groups is 1. The van der Waals surface area contributed by atoms with Gasteiger partial charge in [-0.15, -0.1) is 0 Å². The van der Waals surface area contributed by atoms with Gasteiger partial charge in [-0.1, -0.05) is 78.9 Å². The molecule has 0 aliphatic carbocycles. The summed E-state index contributed by atoms with van der Waals surface area (Å²) in [6.07, 6.45) is 4.19. The summed E-state index contributed by atoms with van der Waals surface area (Å²) in [5.41, 5.74) is 0.949. The number of hydrogen-bond acceptors (Lipinski definition) is 2. The molecule has 0 aromatic heterocycles. The van der Waals surface area contributed by atoms with Crippen molar-refractivity contribution in [3.63, 3.8) is 0 Å². The van der Waals surface area contributed by atoms with Crippen LogP contribution in [0, 0.1) is 5.41 Å². The Morgan fingerprint density at radius 1 is 0.848 bits per heavy atom. The molecule has 3 saturated heterocycles. The molecule has 2 bridgehead atoms. The number of hydrogen-bond donors (Lipinski definition) is 1. The van der Waals surface area contributed by atoms with E-state index in [0.29, 0.717) is 4.05 Å². The van der Waals surface area contributed by atoms with Crippen LogP contribution in [0.1, 0.15) is 36.8 Å². The first-order valence-corrected chi connectivity index (χ1v) is 13.3. The molecule has 0 saturated carbocycles. The van der Waals surface area contributed by atoms with Gasteiger partial charge in [0.25, 0.3) is 0 Å². The first kappa shape index (κ1) is 22.9. The van der Waals surface area contributed by atoms with Crippen molar-refractivity contribution in [3.8, 4) is 5.75 Å². The predicted molar refractivity (Wildman–Crippen MR) is 141 cm³/mol. The lowest BCUT2D eigenvalue weighted by Gasteiger charge is -2.62. The van der Waals surface area contributed by atoms with Gasteiger partial charge >= 0.3 is 0 Å². The second-order valence-corrected chi connectivity index (χ2v) is 11.2. The maximum absolute atomic E-state index is 12.6. The van der Waals surface area contributed by atoms with E-state index in [-0.39, 0.29) is 5.41 Å². The Hall–Kier alpha value is -1.89. The molecule has 0 radical (unpaired) electrons. The number of nitrogens with zero attached hydrogens (tertiary/aromatic N) is 1. The Morgan fingerprint density at radius 3 is 1.88 bits per heavy atom. The van der Waals surface area contributed by atoms with Crippen molar-refractivity contribution in [1.82, 2.24) is 0 Å². The number of piperidine rings is 3. The summed E-state index contributed by atoms with van der Waals surface area (Å²) < 4.78 is 7.63. The van der Waals surface area contributed by atoms with Crippen LogP contribution in [0.3, 0.4) is 0 Å². The van der Waals surface area contributed by atoms with Gasteiger partial charge in [-0.25, -0.2) is 0 Å². The number of fused-ring (bicyclic) bond motifs is 3. The molecule has 3 aromatic rings. The number of rotatable bonds is 8. The van der Waals surface area contributed by atoms with Crippen LogP contribution < -0.4 is 4.74 Å². The van der Waals surface area contributed by atoms with Gasteiger partial charge in [0.1, 0.15) is 15.4 Å². The van der Waals surface area contributed by atoms with Crippen LogP contribution in [0.5, 0.6) is 5.75 Å². The lowest BCUT2D eigenvalue weighted by atomic mass is 9.56. The van der Waals surface area contributed by atoms with E-state index in [4.69, 9.17) is 4.74 Å². The average molecular weight is 554 g/mol. The van der Waals surface area contributed by atoms with E-state index in [2.05, 4.69) is 71.1 Å². The molecule has 0 amide bonds. The van der Waals surface area contributed by atoms with E-state index < -0.39 is 5.60 Å². The van der Waals surface area contributed by atoms with Crippen molar-refractivity contribution in [2.24, 2.45) is 5.41 Å². The minimum Gasteiger partial charge on any atom is -0.493 e. The number of ether oxygens (including phenoxy) is 1. The third-order valence-corrected chi connectivity index (χ3v) is 9.76. The second-order valence-electron chi connectivity index (χ2n) is 9.77. The Labute approximate surface area is 211 Å². The van der Waals surface area contributed by atoms with Crippen LogP contribution in [0.4, 0.5) is 0 Å². The van der Waals surface area contributed by atoms with Crippen molar-refractivity contribution in [3.05, 3.63) is 102 Å². The Balaban J connectivity index is 1.35. The highest BCUT2D eigenvalue weighted by Gasteiger charge is 2.63. The molecular formula is C29H33INO2+. The summed E-state index contributed by atoms with van der Waals surface area (Å²) in [6, 6.07) is 30.8. The Bertz CT molecular complexity index is 993. The van der Waals surface area contributed by atoms with Gasteiger partial charge in [0, 0.05) is 31.1 Å². The fourth-order valence-electron chi connectivity index (χ4n) is 6.21. The fraction of sp³-hybridized carbons (Fsp3) is 0.379. The normalized spacial score (nSPS) is 26.8. The monoisotopic (exact) mass is 554 g/mol. The molecule has 3 aliphatic heterocycles. The second kappa shape index (κ2) is 9.40. The topological polar surface area (TPSA) is 29.5 Å². The molecule has 3 fully saturated rings. The molecule has 6 rings (SSSR count). The standard InChI is InChI=1S/C29H33INO2/c30-27-23-28(29(32,24-11-4-1-5-12-24)25-13-6-2-7-14-25)17-20-31(27,21-18-28)19-10-22-33-26-15-8-3-9-16-26/h1-9,11-16,27,32H,10,17-23H2/q+1. The van der Waals surface area contributed by atoms with Gasteiger partial charge < -0.3 is 14.3 Å². The minimum absolute atomic E-state index is 0.137. The van der Waals surface area contributed by atoms with Crippen molar-refractivity contribution in [1.29, 1.82) is 0 Å². The summed E-state index contributed by atoms with van der Waals surface area (Å²) in [7, 11) is 0. The third-order valence-electron chi connectivity index (χ3n) is 8.14. The summed E-state index contributed by atoms with van der Waals surface area (Å²) in [5.74, 6) is 0.954. The maximum atomic E-state index is 12.6. The van der Waals surface area contributed by atoms with Crippen molar-refractivity contribution in [2.45, 2.75) is 35.3 Å². The molecule has 0 spiro atoms. The Morgan fingerprint density at radius 2 is 1.36 bits per heavy atom. The summed E-state index contributed by atoms with van der Waals surface area (Å²) in [4.78, 5) is 0. The molecule has 3 nitrogen and oxygen atoms in total. The molecule has 1 unspecified atom stereocenters. The lowest BCUT2D eigenvalue weighted by Crippen LogP contribution is -2.69. The largest absolute Gasteiger partial charge is 0.493 e. The van der Waals surface area contributed by atoms with E-state index in [0.717, 1.165) is 73.3 Å². The van der Waals surface area contributed by atoms with Gasteiger partial charge in [-0.2, -0.15) is 0 Å². The SMILES string of the molecule is OC(c1ccccc1)(c1ccccc1)C12CC[N+](CCCOc3ccccc3)(CC1)C(I)C2. The van der Waals surface area contributed by atoms with Crippen LogP contribution in [0.2, 0.25) is 0 Å². The number of para-hydroxylation sites is 1. The molecule has 172 valence electrons. The first-order valence-electron chi connectivity index (χ1n) is 12.1. The summed E-state index contributed by atoms with van der Waals surface area (Å²) in [5, 5.41) is 12.6. The van der Waals surface area contributed by atoms with E-state index in [1.54, 1.807) is 0 Å². The van der Waals surface area contributed by atoms with E-state index >= 15 is 0 Å². The zero-order valence-corrected chi connectivity index (χ0v) is 21.2. The zero-order valence-electron chi connectivity index (χ0n) is 19.1. The lowest BCUT2D eigenvalue weighted by molar-refractivity contribution is -0.952. The smallest absolute Gasteiger partial charge is 0.140 e. The van der Waals surface area contributed by atoms with E-state index in [1.165, 1.54) is 0 Å². The highest BCUT2D eigenvalue weighted by Crippen LogP contribution is 2.60. The van der Waals surface area contributed by atoms with Crippen LogP contribution in [0.15, 0.2) is 91.0 Å². The van der Waals surface area contributed by atoms with Crippen molar-refractivity contribution < 1.29 is 14.3 Å². The van der Waals surface area contributed by atoms with Crippen molar-refractivity contribution >= 4 is 22.6 Å². The average Bonchev–Trinajstić information content (AvgIpc) is 2.89. The fourth-order valence-corrected chi connectivity index (χ4v) is 7.89. The highest BCUT2D eigenvalue weighted by atomic mass is 127. The summed E-state index contributed by atoms with van der Waals surface area (Å²) >= 11 is 2.67. The number of halogens is 1. The van der Waals surface area contributed by atoms with Crippen LogP contribution in [-0.4, -0.2) is 39.9 Å². The Kier molecular flexibility index (Phi) is 6.51. The van der Waals surface area contributed by atoms with Gasteiger partial charge in [-0.05, 0) is 45.9 Å². The molecule has 1 N–H and O–H groups in total. The van der Waals surface area contributed by atoms with Gasteiger partial charge in [0.15, 0.2) is 0 Å².